The molecular weight excluding hydrogens is 350 g/mol. The minimum Gasteiger partial charge on any atom is -0.334 e. The zero-order chi connectivity index (χ0) is 19.5. The number of amides is 1. The maximum Gasteiger partial charge on any atom is 0.254 e. The summed E-state index contributed by atoms with van der Waals surface area (Å²) in [4.78, 5) is 33.4. The average Bonchev–Trinajstić information content (AvgIpc) is 3.40. The molecule has 2 saturated heterocycles. The number of ketones is 1. The van der Waals surface area contributed by atoms with E-state index in [1.165, 1.54) is 32.9 Å². The van der Waals surface area contributed by atoms with E-state index >= 15 is 0 Å². The van der Waals surface area contributed by atoms with Crippen molar-refractivity contribution in [1.82, 2.24) is 14.8 Å². The Labute approximate surface area is 166 Å². The van der Waals surface area contributed by atoms with Crippen molar-refractivity contribution in [3.63, 3.8) is 0 Å². The first kappa shape index (κ1) is 18.8. The molecule has 0 bridgehead atoms. The number of carbonyl (C=O) groups is 2. The van der Waals surface area contributed by atoms with Crippen LogP contribution in [-0.2, 0) is 0 Å². The molecule has 146 valence electrons. The summed E-state index contributed by atoms with van der Waals surface area (Å²) in [6.07, 6.45) is 6.36. The minimum absolute atomic E-state index is 0.00842. The molecule has 1 amide bonds. The van der Waals surface area contributed by atoms with Gasteiger partial charge < -0.3 is 9.80 Å². The number of Topliss-reactive ketones (excluding diaryl/α,β-unsaturated/α-hetero) is 1. The maximum absolute atomic E-state index is 13.1. The number of nitrogens with zero attached hydrogens (tertiary/aromatic N) is 3. The van der Waals surface area contributed by atoms with Gasteiger partial charge in [0.15, 0.2) is 5.78 Å². The van der Waals surface area contributed by atoms with Crippen molar-refractivity contribution in [3.8, 4) is 11.3 Å². The van der Waals surface area contributed by atoms with Gasteiger partial charge in [-0.2, -0.15) is 0 Å². The van der Waals surface area contributed by atoms with Gasteiger partial charge in [-0.25, -0.2) is 0 Å². The molecule has 1 aromatic heterocycles. The zero-order valence-electron chi connectivity index (χ0n) is 16.4. The van der Waals surface area contributed by atoms with Crippen LogP contribution in [0.1, 0.15) is 53.3 Å². The lowest BCUT2D eigenvalue weighted by Gasteiger charge is -2.28. The van der Waals surface area contributed by atoms with Crippen LogP contribution in [0, 0.1) is 0 Å². The lowest BCUT2D eigenvalue weighted by molar-refractivity contribution is 0.0708. The van der Waals surface area contributed by atoms with Crippen LogP contribution < -0.4 is 0 Å². The van der Waals surface area contributed by atoms with E-state index in [9.17, 15) is 9.59 Å². The molecular formula is C23H27N3O2. The van der Waals surface area contributed by atoms with Crippen LogP contribution in [0.3, 0.4) is 0 Å². The Morgan fingerprint density at radius 2 is 1.68 bits per heavy atom. The molecule has 28 heavy (non-hydrogen) atoms. The fourth-order valence-corrected chi connectivity index (χ4v) is 4.28. The second kappa shape index (κ2) is 8.23. The summed E-state index contributed by atoms with van der Waals surface area (Å²) in [6.45, 7) is 5.74. The third-order valence-electron chi connectivity index (χ3n) is 5.90. The molecule has 2 aliphatic heterocycles. The van der Waals surface area contributed by atoms with Crippen molar-refractivity contribution < 1.29 is 9.59 Å². The Kier molecular flexibility index (Phi) is 5.53. The number of aromatic nitrogens is 1. The highest BCUT2D eigenvalue weighted by Crippen LogP contribution is 2.24. The molecule has 0 spiro atoms. The summed E-state index contributed by atoms with van der Waals surface area (Å²) in [5.41, 5.74) is 3.09. The second-order valence-electron chi connectivity index (χ2n) is 7.87. The van der Waals surface area contributed by atoms with Gasteiger partial charge in [0.25, 0.3) is 5.91 Å². The molecule has 0 aliphatic carbocycles. The topological polar surface area (TPSA) is 53.5 Å². The largest absolute Gasteiger partial charge is 0.334 e. The predicted octanol–water partition coefficient (Wildman–Crippen LogP) is 3.65. The van der Waals surface area contributed by atoms with E-state index in [0.29, 0.717) is 11.6 Å². The summed E-state index contributed by atoms with van der Waals surface area (Å²) in [6, 6.07) is 11.6. The van der Waals surface area contributed by atoms with Crippen molar-refractivity contribution in [2.75, 3.05) is 26.2 Å². The third-order valence-corrected chi connectivity index (χ3v) is 5.90. The van der Waals surface area contributed by atoms with Gasteiger partial charge in [0, 0.05) is 42.0 Å². The molecule has 1 aromatic carbocycles. The van der Waals surface area contributed by atoms with Gasteiger partial charge >= 0.3 is 0 Å². The van der Waals surface area contributed by atoms with Gasteiger partial charge in [0.1, 0.15) is 0 Å². The van der Waals surface area contributed by atoms with Crippen LogP contribution in [0.4, 0.5) is 0 Å². The van der Waals surface area contributed by atoms with Crippen LogP contribution in [-0.4, -0.2) is 58.7 Å². The molecule has 2 aromatic rings. The Morgan fingerprint density at radius 3 is 2.32 bits per heavy atom. The second-order valence-corrected chi connectivity index (χ2v) is 7.87. The van der Waals surface area contributed by atoms with Crippen LogP contribution in [0.15, 0.2) is 42.6 Å². The number of hydrogen-bond acceptors (Lipinski definition) is 4. The van der Waals surface area contributed by atoms with Crippen molar-refractivity contribution in [2.24, 2.45) is 0 Å². The van der Waals surface area contributed by atoms with Crippen LogP contribution in [0.25, 0.3) is 11.3 Å². The predicted molar refractivity (Wildman–Crippen MR) is 109 cm³/mol. The number of hydrogen-bond donors (Lipinski definition) is 0. The Morgan fingerprint density at radius 1 is 0.964 bits per heavy atom. The SMILES string of the molecule is CC(=O)c1ccc(-c2ccc(C(=O)N3CCCC3CN3CCCC3)cc2)nc1. The average molecular weight is 377 g/mol. The molecule has 5 heteroatoms. The van der Waals surface area contributed by atoms with Crippen molar-refractivity contribution in [2.45, 2.75) is 38.6 Å². The van der Waals surface area contributed by atoms with Crippen molar-refractivity contribution in [1.29, 1.82) is 0 Å². The highest BCUT2D eigenvalue weighted by molar-refractivity contribution is 5.95. The number of likely N-dealkylation sites (tertiary alicyclic amines) is 2. The van der Waals surface area contributed by atoms with Gasteiger partial charge in [-0.1, -0.05) is 12.1 Å². The first-order valence-electron chi connectivity index (χ1n) is 10.2. The third kappa shape index (κ3) is 3.99. The first-order valence-corrected chi connectivity index (χ1v) is 10.2. The Balaban J connectivity index is 1.45. The van der Waals surface area contributed by atoms with Crippen LogP contribution >= 0.6 is 0 Å². The summed E-state index contributed by atoms with van der Waals surface area (Å²) >= 11 is 0. The molecule has 0 N–H and O–H groups in total. The fraction of sp³-hybridized carbons (Fsp3) is 0.435. The molecule has 4 rings (SSSR count). The van der Waals surface area contributed by atoms with Crippen molar-refractivity contribution >= 4 is 11.7 Å². The molecule has 5 nitrogen and oxygen atoms in total. The highest BCUT2D eigenvalue weighted by atomic mass is 16.2. The summed E-state index contributed by atoms with van der Waals surface area (Å²) in [5.74, 6) is 0.141. The van der Waals surface area contributed by atoms with Gasteiger partial charge in [-0.05, 0) is 70.0 Å². The van der Waals surface area contributed by atoms with Gasteiger partial charge in [-0.3, -0.25) is 14.6 Å². The molecule has 3 heterocycles. The number of benzene rings is 1. The van der Waals surface area contributed by atoms with E-state index in [4.69, 9.17) is 0 Å². The normalized spacial score (nSPS) is 19.9. The minimum atomic E-state index is 0.00842. The molecule has 0 radical (unpaired) electrons. The lowest BCUT2D eigenvalue weighted by atomic mass is 10.1. The summed E-state index contributed by atoms with van der Waals surface area (Å²) in [7, 11) is 0. The fourth-order valence-electron chi connectivity index (χ4n) is 4.28. The van der Waals surface area contributed by atoms with E-state index < -0.39 is 0 Å². The van der Waals surface area contributed by atoms with Crippen molar-refractivity contribution in [3.05, 3.63) is 53.7 Å². The standard InChI is InChI=1S/C23H27N3O2/c1-17(27)20-10-11-22(24-15-20)18-6-8-19(9-7-18)23(28)26-14-4-5-21(26)16-25-12-2-3-13-25/h6-11,15,21H,2-5,12-14,16H2,1H3. The monoisotopic (exact) mass is 377 g/mol. The van der Waals surface area contributed by atoms with E-state index in [0.717, 1.165) is 42.8 Å². The number of rotatable bonds is 5. The van der Waals surface area contributed by atoms with E-state index in [1.807, 2.05) is 30.3 Å². The van der Waals surface area contributed by atoms with Gasteiger partial charge in [0.2, 0.25) is 0 Å². The summed E-state index contributed by atoms with van der Waals surface area (Å²) < 4.78 is 0. The van der Waals surface area contributed by atoms with E-state index in [1.54, 1.807) is 12.3 Å². The van der Waals surface area contributed by atoms with Crippen LogP contribution in [0.2, 0.25) is 0 Å². The quantitative estimate of drug-likeness (QED) is 0.747. The smallest absolute Gasteiger partial charge is 0.254 e. The zero-order valence-corrected chi connectivity index (χ0v) is 16.4. The maximum atomic E-state index is 13.1. The number of pyridine rings is 1. The Bertz CT molecular complexity index is 839. The lowest BCUT2D eigenvalue weighted by Crippen LogP contribution is -2.42. The van der Waals surface area contributed by atoms with Gasteiger partial charge in [-0.15, -0.1) is 0 Å². The molecule has 2 fully saturated rings. The Hall–Kier alpha value is -2.53. The number of carbonyl (C=O) groups excluding carboxylic acids is 2. The highest BCUT2D eigenvalue weighted by Gasteiger charge is 2.31. The van der Waals surface area contributed by atoms with E-state index in [2.05, 4.69) is 14.8 Å². The summed E-state index contributed by atoms with van der Waals surface area (Å²) in [5, 5.41) is 0. The first-order chi connectivity index (χ1) is 13.6. The van der Waals surface area contributed by atoms with E-state index in [-0.39, 0.29) is 11.7 Å². The molecule has 1 unspecified atom stereocenters. The van der Waals surface area contributed by atoms with Crippen LogP contribution in [0.5, 0.6) is 0 Å². The molecule has 1 atom stereocenters. The molecule has 0 saturated carbocycles. The van der Waals surface area contributed by atoms with Gasteiger partial charge in [0.05, 0.1) is 5.69 Å². The molecule has 2 aliphatic rings.